The quantitative estimate of drug-likeness (QED) is 0.304. The van der Waals surface area contributed by atoms with Crippen LogP contribution in [-0.4, -0.2) is 64.9 Å². The number of aliphatic hydroxyl groups excluding tert-OH is 2. The van der Waals surface area contributed by atoms with E-state index < -0.39 is 18.4 Å². The smallest absolute Gasteiger partial charge is 0.303 e. The maximum atomic E-state index is 12.2. The number of carbonyl (C=O) groups is 2. The lowest BCUT2D eigenvalue weighted by Crippen LogP contribution is -2.38. The molecule has 2 saturated heterocycles. The van der Waals surface area contributed by atoms with Gasteiger partial charge in [0, 0.05) is 45.1 Å². The highest BCUT2D eigenvalue weighted by atomic mass is 16.7. The third-order valence-electron chi connectivity index (χ3n) is 7.95. The van der Waals surface area contributed by atoms with Gasteiger partial charge in [-0.15, -0.1) is 0 Å². The molecule has 5 atom stereocenters. The topological polar surface area (TPSA) is 118 Å². The van der Waals surface area contributed by atoms with Gasteiger partial charge in [0.15, 0.2) is 12.4 Å². The molecule has 43 heavy (non-hydrogen) atoms. The summed E-state index contributed by atoms with van der Waals surface area (Å²) in [5.74, 6) is -0.842. The Morgan fingerprint density at radius 1 is 1.00 bits per heavy atom. The minimum atomic E-state index is -0.849. The largest absolute Gasteiger partial charge is 0.453 e. The molecule has 3 N–H and O–H groups in total. The zero-order valence-electron chi connectivity index (χ0n) is 24.6. The Hall–Kier alpha value is -3.60. The van der Waals surface area contributed by atoms with Gasteiger partial charge in [0.1, 0.15) is 0 Å². The predicted octanol–water partition coefficient (Wildman–Crippen LogP) is 4.03. The number of β-amino-alcohol motifs (C(OH)–C–C–N with tert-alkyl or cyclic N) is 1. The van der Waals surface area contributed by atoms with Gasteiger partial charge >= 0.3 is 5.97 Å². The Morgan fingerprint density at radius 3 is 2.42 bits per heavy atom. The molecular weight excluding hydrogens is 548 g/mol. The molecule has 0 unspecified atom stereocenters. The number of benzene rings is 3. The van der Waals surface area contributed by atoms with Crippen LogP contribution in [0.2, 0.25) is 0 Å². The van der Waals surface area contributed by atoms with E-state index in [2.05, 4.69) is 10.2 Å². The average Bonchev–Trinajstić information content (AvgIpc) is 3.43. The van der Waals surface area contributed by atoms with Crippen molar-refractivity contribution in [2.24, 2.45) is 0 Å². The monoisotopic (exact) mass is 588 g/mol. The van der Waals surface area contributed by atoms with Crippen molar-refractivity contribution in [2.45, 2.75) is 70.5 Å². The molecule has 9 heteroatoms. The third kappa shape index (κ3) is 8.28. The number of hydrogen-bond donors (Lipinski definition) is 3. The van der Waals surface area contributed by atoms with Crippen LogP contribution in [0.3, 0.4) is 0 Å². The van der Waals surface area contributed by atoms with Crippen LogP contribution in [-0.2, 0) is 37.0 Å². The van der Waals surface area contributed by atoms with Gasteiger partial charge in [-0.05, 0) is 47.2 Å². The second kappa shape index (κ2) is 14.2. The van der Waals surface area contributed by atoms with Crippen LogP contribution in [0, 0.1) is 0 Å². The van der Waals surface area contributed by atoms with Gasteiger partial charge in [0.2, 0.25) is 0 Å². The van der Waals surface area contributed by atoms with Crippen molar-refractivity contribution in [1.29, 1.82) is 0 Å². The predicted molar refractivity (Wildman–Crippen MR) is 160 cm³/mol. The molecule has 0 saturated carbocycles. The zero-order valence-corrected chi connectivity index (χ0v) is 24.6. The van der Waals surface area contributed by atoms with E-state index in [-0.39, 0.29) is 30.8 Å². The van der Waals surface area contributed by atoms with Crippen LogP contribution in [0.25, 0.3) is 11.1 Å². The lowest BCUT2D eigenvalue weighted by Gasteiger charge is -2.37. The van der Waals surface area contributed by atoms with E-state index in [1.165, 1.54) is 6.92 Å². The van der Waals surface area contributed by atoms with E-state index in [4.69, 9.17) is 14.2 Å². The van der Waals surface area contributed by atoms with Crippen LogP contribution in [0.1, 0.15) is 61.3 Å². The van der Waals surface area contributed by atoms with Crippen molar-refractivity contribution >= 4 is 11.9 Å². The minimum Gasteiger partial charge on any atom is -0.453 e. The summed E-state index contributed by atoms with van der Waals surface area (Å²) in [6, 6.07) is 23.9. The van der Waals surface area contributed by atoms with Gasteiger partial charge in [-0.25, -0.2) is 0 Å². The fraction of sp³-hybridized carbons (Fsp3) is 0.412. The number of hydrogen-bond acceptors (Lipinski definition) is 8. The van der Waals surface area contributed by atoms with Gasteiger partial charge in [-0.3, -0.25) is 14.5 Å². The number of esters is 1. The Kier molecular flexibility index (Phi) is 10.2. The molecule has 228 valence electrons. The minimum absolute atomic E-state index is 0.00334. The first-order chi connectivity index (χ1) is 20.8. The highest BCUT2D eigenvalue weighted by Gasteiger charge is 2.34. The maximum Gasteiger partial charge on any atom is 0.303 e. The zero-order chi connectivity index (χ0) is 30.3. The van der Waals surface area contributed by atoms with Crippen LogP contribution in [0.4, 0.5) is 0 Å². The normalized spacial score (nSPS) is 23.1. The SMILES string of the molecule is CC(=O)O[C@@H](C)C(=O)NCc1cccc(-c2ccc([C@H]3O[C@@H](CN4CC[C@H](O)C4)C[C@@H](c4ccc(CO)cc4)O3)cc2)c1. The Bertz CT molecular complexity index is 1380. The molecule has 0 aromatic heterocycles. The summed E-state index contributed by atoms with van der Waals surface area (Å²) in [7, 11) is 0. The van der Waals surface area contributed by atoms with E-state index in [0.717, 1.165) is 52.9 Å². The van der Waals surface area contributed by atoms with Gasteiger partial charge in [0.05, 0.1) is 24.9 Å². The number of nitrogens with one attached hydrogen (secondary N) is 1. The third-order valence-corrected chi connectivity index (χ3v) is 7.95. The molecule has 3 aromatic rings. The molecule has 2 fully saturated rings. The summed E-state index contributed by atoms with van der Waals surface area (Å²) >= 11 is 0. The van der Waals surface area contributed by atoms with Crippen molar-refractivity contribution < 1.29 is 34.0 Å². The number of likely N-dealkylation sites (tertiary alicyclic amines) is 1. The summed E-state index contributed by atoms with van der Waals surface area (Å²) < 4.78 is 17.9. The van der Waals surface area contributed by atoms with Crippen LogP contribution < -0.4 is 5.32 Å². The molecule has 0 bridgehead atoms. The fourth-order valence-electron chi connectivity index (χ4n) is 5.63. The van der Waals surface area contributed by atoms with E-state index in [1.54, 1.807) is 6.92 Å². The van der Waals surface area contributed by atoms with E-state index >= 15 is 0 Å². The summed E-state index contributed by atoms with van der Waals surface area (Å²) in [5, 5.41) is 22.3. The second-order valence-corrected chi connectivity index (χ2v) is 11.3. The van der Waals surface area contributed by atoms with Crippen molar-refractivity contribution in [3.63, 3.8) is 0 Å². The van der Waals surface area contributed by atoms with Crippen molar-refractivity contribution in [3.8, 4) is 11.1 Å². The van der Waals surface area contributed by atoms with E-state index in [9.17, 15) is 19.8 Å². The number of aliphatic hydroxyl groups is 2. The molecule has 5 rings (SSSR count). The molecule has 2 aliphatic heterocycles. The summed E-state index contributed by atoms with van der Waals surface area (Å²) in [6.45, 7) is 5.37. The Balaban J connectivity index is 1.28. The molecule has 3 aromatic carbocycles. The standard InChI is InChI=1S/C34H40N2O7/c1-22(41-23(2)38)33(40)35-18-25-4-3-5-29(16-25)26-10-12-28(13-11-26)34-42-31(20-36-15-14-30(39)19-36)17-32(43-34)27-8-6-24(21-37)7-9-27/h3-13,16,22,30-32,34,37,39H,14-15,17-21H2,1-2H3,(H,35,40)/t22-,30-,31+,32-,34-/m0/s1. The first-order valence-electron chi connectivity index (χ1n) is 14.8. The molecule has 0 spiro atoms. The molecule has 1 amide bonds. The maximum absolute atomic E-state index is 12.2. The molecule has 0 aliphatic carbocycles. The number of rotatable bonds is 10. The van der Waals surface area contributed by atoms with E-state index in [0.29, 0.717) is 19.5 Å². The highest BCUT2D eigenvalue weighted by Crippen LogP contribution is 2.39. The van der Waals surface area contributed by atoms with Gasteiger partial charge < -0.3 is 29.7 Å². The average molecular weight is 589 g/mol. The molecular formula is C34H40N2O7. The fourth-order valence-corrected chi connectivity index (χ4v) is 5.63. The van der Waals surface area contributed by atoms with Gasteiger partial charge in [0.25, 0.3) is 5.91 Å². The molecule has 2 aliphatic rings. The number of carbonyl (C=O) groups excluding carboxylic acids is 2. The van der Waals surface area contributed by atoms with Gasteiger partial charge in [-0.1, -0.05) is 66.7 Å². The lowest BCUT2D eigenvalue weighted by molar-refractivity contribution is -0.252. The van der Waals surface area contributed by atoms with Crippen molar-refractivity contribution in [1.82, 2.24) is 10.2 Å². The van der Waals surface area contributed by atoms with E-state index in [1.807, 2.05) is 72.8 Å². The van der Waals surface area contributed by atoms with Crippen molar-refractivity contribution in [2.75, 3.05) is 19.6 Å². The first-order valence-corrected chi connectivity index (χ1v) is 14.8. The molecule has 9 nitrogen and oxygen atoms in total. The second-order valence-electron chi connectivity index (χ2n) is 11.3. The summed E-state index contributed by atoms with van der Waals surface area (Å²) in [6.07, 6.45) is -0.448. The summed E-state index contributed by atoms with van der Waals surface area (Å²) in [5.41, 5.74) is 5.75. The first kappa shape index (κ1) is 30.8. The molecule has 0 radical (unpaired) electrons. The Labute approximate surface area is 252 Å². The number of amides is 1. The highest BCUT2D eigenvalue weighted by molar-refractivity contribution is 5.82. The number of nitrogens with zero attached hydrogens (tertiary/aromatic N) is 1. The number of ether oxygens (including phenoxy) is 3. The van der Waals surface area contributed by atoms with Crippen molar-refractivity contribution in [3.05, 3.63) is 95.1 Å². The van der Waals surface area contributed by atoms with Crippen LogP contribution in [0.5, 0.6) is 0 Å². The Morgan fingerprint density at radius 2 is 1.74 bits per heavy atom. The summed E-state index contributed by atoms with van der Waals surface area (Å²) in [4.78, 5) is 25.6. The lowest BCUT2D eigenvalue weighted by atomic mass is 9.99. The van der Waals surface area contributed by atoms with Crippen LogP contribution >= 0.6 is 0 Å². The van der Waals surface area contributed by atoms with Gasteiger partial charge in [-0.2, -0.15) is 0 Å². The molecule has 2 heterocycles. The van der Waals surface area contributed by atoms with Crippen LogP contribution in [0.15, 0.2) is 72.8 Å².